The zero-order valence-electron chi connectivity index (χ0n) is 11.9. The third-order valence-electron chi connectivity index (χ3n) is 3.86. The fourth-order valence-corrected chi connectivity index (χ4v) is 3.57. The van der Waals surface area contributed by atoms with Crippen LogP contribution < -0.4 is 0 Å². The van der Waals surface area contributed by atoms with Crippen molar-refractivity contribution in [3.05, 3.63) is 40.4 Å². The molecule has 2 heterocycles. The molecule has 0 unspecified atom stereocenters. The van der Waals surface area contributed by atoms with Crippen LogP contribution in [0, 0.1) is 5.92 Å². The number of carbonyl (C=O) groups is 1. The Morgan fingerprint density at radius 2 is 2.14 bits per heavy atom. The van der Waals surface area contributed by atoms with Crippen molar-refractivity contribution in [2.45, 2.75) is 19.8 Å². The minimum absolute atomic E-state index is 0.104. The van der Waals surface area contributed by atoms with Crippen molar-refractivity contribution in [2.75, 3.05) is 13.1 Å². The van der Waals surface area contributed by atoms with E-state index in [4.69, 9.17) is 11.6 Å². The quantitative estimate of drug-likeness (QED) is 0.825. The van der Waals surface area contributed by atoms with Gasteiger partial charge in [-0.1, -0.05) is 30.7 Å². The Hall–Kier alpha value is -1.39. The second-order valence-electron chi connectivity index (χ2n) is 5.51. The molecule has 0 saturated carbocycles. The molecule has 1 fully saturated rings. The molecule has 1 aliphatic heterocycles. The zero-order valence-corrected chi connectivity index (χ0v) is 13.5. The number of aromatic nitrogens is 1. The summed E-state index contributed by atoms with van der Waals surface area (Å²) >= 11 is 7.44. The van der Waals surface area contributed by atoms with Gasteiger partial charge in [0.05, 0.1) is 6.20 Å². The van der Waals surface area contributed by atoms with Gasteiger partial charge in [-0.2, -0.15) is 0 Å². The molecule has 0 atom stereocenters. The summed E-state index contributed by atoms with van der Waals surface area (Å²) in [6, 6.07) is 7.56. The first kappa shape index (κ1) is 14.5. The summed E-state index contributed by atoms with van der Waals surface area (Å²) in [5, 5.41) is 1.52. The van der Waals surface area contributed by atoms with Crippen LogP contribution in [0.4, 0.5) is 0 Å². The maximum absolute atomic E-state index is 12.5. The SMILES string of the molecule is CC1CCN(C(=O)c2cnc(-c3cccc(Cl)c3)s2)CC1. The summed E-state index contributed by atoms with van der Waals surface area (Å²) in [5.41, 5.74) is 0.957. The first-order valence-corrected chi connectivity index (χ1v) is 8.34. The van der Waals surface area contributed by atoms with Gasteiger partial charge in [-0.3, -0.25) is 4.79 Å². The van der Waals surface area contributed by atoms with E-state index in [0.29, 0.717) is 9.90 Å². The third kappa shape index (κ3) is 3.27. The number of halogens is 1. The molecule has 0 N–H and O–H groups in total. The van der Waals surface area contributed by atoms with Gasteiger partial charge in [0, 0.05) is 23.7 Å². The number of thiazole rings is 1. The second-order valence-corrected chi connectivity index (χ2v) is 6.98. The minimum Gasteiger partial charge on any atom is -0.338 e. The number of amides is 1. The molecular weight excluding hydrogens is 304 g/mol. The van der Waals surface area contributed by atoms with Crippen molar-refractivity contribution in [3.63, 3.8) is 0 Å². The highest BCUT2D eigenvalue weighted by atomic mass is 35.5. The highest BCUT2D eigenvalue weighted by Crippen LogP contribution is 2.28. The maximum Gasteiger partial charge on any atom is 0.265 e. The lowest BCUT2D eigenvalue weighted by Crippen LogP contribution is -2.37. The van der Waals surface area contributed by atoms with E-state index in [1.807, 2.05) is 29.2 Å². The summed E-state index contributed by atoms with van der Waals surface area (Å²) in [5.74, 6) is 0.824. The van der Waals surface area contributed by atoms with Gasteiger partial charge in [0.25, 0.3) is 5.91 Å². The van der Waals surface area contributed by atoms with E-state index in [-0.39, 0.29) is 5.91 Å². The Labute approximate surface area is 133 Å². The van der Waals surface area contributed by atoms with Crippen LogP contribution in [0.25, 0.3) is 10.6 Å². The Balaban J connectivity index is 1.77. The topological polar surface area (TPSA) is 33.2 Å². The van der Waals surface area contributed by atoms with Crippen LogP contribution >= 0.6 is 22.9 Å². The molecule has 0 radical (unpaired) electrons. The lowest BCUT2D eigenvalue weighted by molar-refractivity contribution is 0.0702. The lowest BCUT2D eigenvalue weighted by atomic mass is 9.99. The number of likely N-dealkylation sites (tertiary alicyclic amines) is 1. The van der Waals surface area contributed by atoms with Crippen molar-refractivity contribution in [1.29, 1.82) is 0 Å². The molecule has 0 bridgehead atoms. The molecule has 21 heavy (non-hydrogen) atoms. The number of hydrogen-bond acceptors (Lipinski definition) is 3. The minimum atomic E-state index is 0.104. The number of hydrogen-bond donors (Lipinski definition) is 0. The summed E-state index contributed by atoms with van der Waals surface area (Å²) in [4.78, 5) is 19.5. The van der Waals surface area contributed by atoms with E-state index in [9.17, 15) is 4.79 Å². The number of rotatable bonds is 2. The fraction of sp³-hybridized carbons (Fsp3) is 0.375. The molecule has 1 aromatic heterocycles. The zero-order chi connectivity index (χ0) is 14.8. The normalized spacial score (nSPS) is 16.2. The van der Waals surface area contributed by atoms with Gasteiger partial charge >= 0.3 is 0 Å². The van der Waals surface area contributed by atoms with Crippen molar-refractivity contribution in [1.82, 2.24) is 9.88 Å². The second kappa shape index (κ2) is 6.16. The third-order valence-corrected chi connectivity index (χ3v) is 5.13. The summed E-state index contributed by atoms with van der Waals surface area (Å²) in [6.45, 7) is 3.95. The largest absolute Gasteiger partial charge is 0.338 e. The Morgan fingerprint density at radius 3 is 2.86 bits per heavy atom. The molecule has 0 aliphatic carbocycles. The highest BCUT2D eigenvalue weighted by molar-refractivity contribution is 7.16. The standard InChI is InChI=1S/C16H17ClN2OS/c1-11-5-7-19(8-6-11)16(20)14-10-18-15(21-14)12-3-2-4-13(17)9-12/h2-4,9-11H,5-8H2,1H3. The molecule has 1 amide bonds. The molecule has 1 aliphatic rings. The monoisotopic (exact) mass is 320 g/mol. The number of piperidine rings is 1. The van der Waals surface area contributed by atoms with Crippen LogP contribution in [-0.2, 0) is 0 Å². The molecule has 3 rings (SSSR count). The van der Waals surface area contributed by atoms with Gasteiger partial charge in [-0.25, -0.2) is 4.98 Å². The number of nitrogens with zero attached hydrogens (tertiary/aromatic N) is 2. The van der Waals surface area contributed by atoms with Crippen LogP contribution in [0.5, 0.6) is 0 Å². The van der Waals surface area contributed by atoms with Gasteiger partial charge in [-0.05, 0) is 30.9 Å². The molecule has 1 aromatic carbocycles. The van der Waals surface area contributed by atoms with E-state index in [2.05, 4.69) is 11.9 Å². The first-order chi connectivity index (χ1) is 10.1. The molecule has 0 spiro atoms. The van der Waals surface area contributed by atoms with Crippen LogP contribution in [0.15, 0.2) is 30.5 Å². The average Bonchev–Trinajstić information content (AvgIpc) is 2.97. The predicted molar refractivity (Wildman–Crippen MR) is 86.9 cm³/mol. The lowest BCUT2D eigenvalue weighted by Gasteiger charge is -2.29. The van der Waals surface area contributed by atoms with Crippen LogP contribution in [0.2, 0.25) is 5.02 Å². The Bertz CT molecular complexity index is 647. The smallest absolute Gasteiger partial charge is 0.265 e. The Kier molecular flexibility index (Phi) is 4.27. The predicted octanol–water partition coefficient (Wildman–Crippen LogP) is 4.34. The van der Waals surface area contributed by atoms with Gasteiger partial charge in [0.2, 0.25) is 0 Å². The van der Waals surface area contributed by atoms with Gasteiger partial charge < -0.3 is 4.90 Å². The number of carbonyl (C=O) groups excluding carboxylic acids is 1. The van der Waals surface area contributed by atoms with Crippen LogP contribution in [-0.4, -0.2) is 28.9 Å². The van der Waals surface area contributed by atoms with Crippen molar-refractivity contribution >= 4 is 28.8 Å². The fourth-order valence-electron chi connectivity index (χ4n) is 2.50. The molecule has 1 saturated heterocycles. The first-order valence-electron chi connectivity index (χ1n) is 7.14. The maximum atomic E-state index is 12.5. The van der Waals surface area contributed by atoms with E-state index >= 15 is 0 Å². The summed E-state index contributed by atoms with van der Waals surface area (Å²) < 4.78 is 0. The molecular formula is C16H17ClN2OS. The summed E-state index contributed by atoms with van der Waals surface area (Å²) in [7, 11) is 0. The molecule has 2 aromatic rings. The van der Waals surface area contributed by atoms with Crippen molar-refractivity contribution in [3.8, 4) is 10.6 Å². The van der Waals surface area contributed by atoms with Crippen LogP contribution in [0.1, 0.15) is 29.4 Å². The van der Waals surface area contributed by atoms with Gasteiger partial charge in [-0.15, -0.1) is 11.3 Å². The number of benzene rings is 1. The van der Waals surface area contributed by atoms with Gasteiger partial charge in [0.15, 0.2) is 0 Å². The average molecular weight is 321 g/mol. The van der Waals surface area contributed by atoms with Crippen molar-refractivity contribution in [2.24, 2.45) is 5.92 Å². The Morgan fingerprint density at radius 1 is 1.38 bits per heavy atom. The van der Waals surface area contributed by atoms with E-state index in [1.54, 1.807) is 6.20 Å². The molecule has 3 nitrogen and oxygen atoms in total. The molecule has 5 heteroatoms. The summed E-state index contributed by atoms with van der Waals surface area (Å²) in [6.07, 6.45) is 3.86. The van der Waals surface area contributed by atoms with E-state index in [1.165, 1.54) is 11.3 Å². The van der Waals surface area contributed by atoms with Crippen molar-refractivity contribution < 1.29 is 4.79 Å². The highest BCUT2D eigenvalue weighted by Gasteiger charge is 2.23. The van der Waals surface area contributed by atoms with Gasteiger partial charge in [0.1, 0.15) is 9.88 Å². The van der Waals surface area contributed by atoms with E-state index < -0.39 is 0 Å². The van der Waals surface area contributed by atoms with E-state index in [0.717, 1.165) is 42.4 Å². The molecule has 110 valence electrons. The van der Waals surface area contributed by atoms with Crippen LogP contribution in [0.3, 0.4) is 0 Å².